The van der Waals surface area contributed by atoms with Gasteiger partial charge in [-0.2, -0.15) is 0 Å². The van der Waals surface area contributed by atoms with E-state index in [0.717, 1.165) is 51.0 Å². The number of rotatable bonds is 5. The van der Waals surface area contributed by atoms with Crippen LogP contribution in [-0.4, -0.2) is 29.7 Å². The fourth-order valence-electron chi connectivity index (χ4n) is 7.33. The lowest BCUT2D eigenvalue weighted by molar-refractivity contribution is -0.138. The monoisotopic (exact) mass is 388 g/mol. The fourth-order valence-corrected chi connectivity index (χ4v) is 7.33. The largest absolute Gasteiger partial charge is 0.393 e. The standard InChI is InChI=1S/C25H40O3/c1-16(2)6-5-13-28-22-8-7-19-23-20(10-12-25(19,22)4)24(3)11-9-18(26)14-17(24)15-21(23)27/h15-16,18-20,22-23,26H,5-14H2,1-4H3/t18-,19-,20-,22-,23-,24-,25-/m0/s1. The summed E-state index contributed by atoms with van der Waals surface area (Å²) in [6, 6.07) is 0. The maximum atomic E-state index is 13.3. The van der Waals surface area contributed by atoms with Crippen LogP contribution in [0.5, 0.6) is 0 Å². The molecule has 4 aliphatic carbocycles. The maximum Gasteiger partial charge on any atom is 0.159 e. The van der Waals surface area contributed by atoms with Crippen LogP contribution in [0.1, 0.15) is 85.5 Å². The fraction of sp³-hybridized carbons (Fsp3) is 0.880. The summed E-state index contributed by atoms with van der Waals surface area (Å²) in [6.45, 7) is 10.2. The zero-order valence-corrected chi connectivity index (χ0v) is 18.4. The van der Waals surface area contributed by atoms with E-state index in [1.807, 2.05) is 6.08 Å². The van der Waals surface area contributed by atoms with Gasteiger partial charge in [0.05, 0.1) is 12.2 Å². The van der Waals surface area contributed by atoms with Crippen molar-refractivity contribution < 1.29 is 14.6 Å². The first-order valence-corrected chi connectivity index (χ1v) is 11.8. The third kappa shape index (κ3) is 3.31. The molecule has 0 aliphatic heterocycles. The number of carbonyl (C=O) groups excluding carboxylic acids is 1. The van der Waals surface area contributed by atoms with Crippen LogP contribution >= 0.6 is 0 Å². The molecular weight excluding hydrogens is 348 g/mol. The number of allylic oxidation sites excluding steroid dienone is 1. The molecule has 3 heteroatoms. The number of hydrogen-bond donors (Lipinski definition) is 1. The molecule has 158 valence electrons. The molecule has 28 heavy (non-hydrogen) atoms. The minimum Gasteiger partial charge on any atom is -0.393 e. The van der Waals surface area contributed by atoms with Crippen LogP contribution in [0, 0.1) is 34.5 Å². The summed E-state index contributed by atoms with van der Waals surface area (Å²) in [5.41, 5.74) is 1.51. The molecule has 0 aromatic carbocycles. The molecule has 3 saturated carbocycles. The van der Waals surface area contributed by atoms with E-state index in [1.54, 1.807) is 0 Å². The Morgan fingerprint density at radius 1 is 1.14 bits per heavy atom. The zero-order valence-electron chi connectivity index (χ0n) is 18.4. The predicted molar refractivity (Wildman–Crippen MR) is 112 cm³/mol. The molecule has 4 aliphatic rings. The molecule has 0 saturated heterocycles. The van der Waals surface area contributed by atoms with Crippen molar-refractivity contribution in [2.75, 3.05) is 6.61 Å². The Morgan fingerprint density at radius 3 is 2.68 bits per heavy atom. The van der Waals surface area contributed by atoms with Gasteiger partial charge in [0.2, 0.25) is 0 Å². The van der Waals surface area contributed by atoms with Gasteiger partial charge in [-0.05, 0) is 92.4 Å². The van der Waals surface area contributed by atoms with Crippen molar-refractivity contribution >= 4 is 5.78 Å². The van der Waals surface area contributed by atoms with E-state index in [1.165, 1.54) is 18.4 Å². The normalized spacial score (nSPS) is 45.4. The van der Waals surface area contributed by atoms with Gasteiger partial charge < -0.3 is 9.84 Å². The number of ether oxygens (including phenoxy) is 1. The van der Waals surface area contributed by atoms with Gasteiger partial charge in [-0.15, -0.1) is 0 Å². The SMILES string of the molecule is CC(C)CCCO[C@H]1CC[C@H]2[C@@H]3C(=O)C=C4C[C@@H](O)CC[C@]4(C)[C@H]3CC[C@]12C. The van der Waals surface area contributed by atoms with Crippen LogP contribution in [0.2, 0.25) is 0 Å². The van der Waals surface area contributed by atoms with Crippen LogP contribution in [-0.2, 0) is 9.53 Å². The molecule has 4 rings (SSSR count). The van der Waals surface area contributed by atoms with Crippen molar-refractivity contribution in [3.8, 4) is 0 Å². The first-order valence-electron chi connectivity index (χ1n) is 11.8. The third-order valence-electron chi connectivity index (χ3n) is 9.08. The smallest absolute Gasteiger partial charge is 0.159 e. The Bertz CT molecular complexity index is 638. The van der Waals surface area contributed by atoms with E-state index in [0.29, 0.717) is 30.1 Å². The van der Waals surface area contributed by atoms with Crippen molar-refractivity contribution in [2.24, 2.45) is 34.5 Å². The molecule has 0 radical (unpaired) electrons. The Kier molecular flexibility index (Phi) is 5.55. The van der Waals surface area contributed by atoms with Gasteiger partial charge in [-0.1, -0.05) is 33.3 Å². The summed E-state index contributed by atoms with van der Waals surface area (Å²) < 4.78 is 6.43. The van der Waals surface area contributed by atoms with E-state index in [-0.39, 0.29) is 22.9 Å². The molecule has 0 aromatic heterocycles. The van der Waals surface area contributed by atoms with E-state index in [4.69, 9.17) is 4.74 Å². The number of aliphatic hydroxyl groups is 1. The molecule has 0 bridgehead atoms. The Morgan fingerprint density at radius 2 is 1.93 bits per heavy atom. The molecule has 3 fully saturated rings. The second-order valence-electron chi connectivity index (χ2n) is 11.1. The number of carbonyl (C=O) groups is 1. The lowest BCUT2D eigenvalue weighted by atomic mass is 9.47. The van der Waals surface area contributed by atoms with Gasteiger partial charge in [-0.25, -0.2) is 0 Å². The lowest BCUT2D eigenvalue weighted by Crippen LogP contribution is -2.54. The highest BCUT2D eigenvalue weighted by Crippen LogP contribution is 2.64. The minimum atomic E-state index is -0.257. The van der Waals surface area contributed by atoms with Crippen molar-refractivity contribution in [1.82, 2.24) is 0 Å². The molecule has 0 unspecified atom stereocenters. The summed E-state index contributed by atoms with van der Waals surface area (Å²) in [5.74, 6) is 2.19. The molecule has 0 amide bonds. The summed E-state index contributed by atoms with van der Waals surface area (Å²) in [4.78, 5) is 13.3. The van der Waals surface area contributed by atoms with E-state index in [2.05, 4.69) is 27.7 Å². The van der Waals surface area contributed by atoms with Crippen LogP contribution < -0.4 is 0 Å². The molecule has 0 aromatic rings. The second-order valence-corrected chi connectivity index (χ2v) is 11.1. The van der Waals surface area contributed by atoms with Crippen LogP contribution in [0.15, 0.2) is 11.6 Å². The molecular formula is C25H40O3. The predicted octanol–water partition coefficient (Wildman–Crippen LogP) is 5.31. The molecule has 7 atom stereocenters. The van der Waals surface area contributed by atoms with Crippen molar-refractivity contribution in [1.29, 1.82) is 0 Å². The highest BCUT2D eigenvalue weighted by molar-refractivity contribution is 5.94. The van der Waals surface area contributed by atoms with Gasteiger partial charge >= 0.3 is 0 Å². The number of fused-ring (bicyclic) bond motifs is 5. The molecule has 3 nitrogen and oxygen atoms in total. The second kappa shape index (κ2) is 7.54. The Labute approximate surface area is 171 Å². The first-order chi connectivity index (χ1) is 13.3. The lowest BCUT2D eigenvalue weighted by Gasteiger charge is -2.56. The topological polar surface area (TPSA) is 46.5 Å². The van der Waals surface area contributed by atoms with Crippen molar-refractivity contribution in [3.05, 3.63) is 11.6 Å². The van der Waals surface area contributed by atoms with Gasteiger partial charge in [0.1, 0.15) is 0 Å². The summed E-state index contributed by atoms with van der Waals surface area (Å²) in [6.07, 6.45) is 11.6. The number of aliphatic hydroxyl groups excluding tert-OH is 1. The number of hydrogen-bond acceptors (Lipinski definition) is 3. The van der Waals surface area contributed by atoms with Crippen molar-refractivity contribution in [3.63, 3.8) is 0 Å². The summed E-state index contributed by atoms with van der Waals surface area (Å²) in [7, 11) is 0. The molecule has 0 spiro atoms. The average Bonchev–Trinajstić information content (AvgIpc) is 2.96. The van der Waals surface area contributed by atoms with Gasteiger partial charge in [-0.3, -0.25) is 4.79 Å². The summed E-state index contributed by atoms with van der Waals surface area (Å²) in [5, 5.41) is 10.1. The molecule has 0 heterocycles. The highest BCUT2D eigenvalue weighted by atomic mass is 16.5. The van der Waals surface area contributed by atoms with E-state index in [9.17, 15) is 9.90 Å². The van der Waals surface area contributed by atoms with Crippen LogP contribution in [0.3, 0.4) is 0 Å². The minimum absolute atomic E-state index is 0.120. The quantitative estimate of drug-likeness (QED) is 0.649. The zero-order chi connectivity index (χ0) is 20.1. The number of ketones is 1. The van der Waals surface area contributed by atoms with Gasteiger partial charge in [0, 0.05) is 12.5 Å². The first kappa shape index (κ1) is 20.6. The van der Waals surface area contributed by atoms with Gasteiger partial charge in [0.15, 0.2) is 5.78 Å². The highest BCUT2D eigenvalue weighted by Gasteiger charge is 2.61. The summed E-state index contributed by atoms with van der Waals surface area (Å²) >= 11 is 0. The Balaban J connectivity index is 1.51. The molecule has 1 N–H and O–H groups in total. The average molecular weight is 389 g/mol. The third-order valence-corrected chi connectivity index (χ3v) is 9.08. The van der Waals surface area contributed by atoms with Crippen LogP contribution in [0.4, 0.5) is 0 Å². The van der Waals surface area contributed by atoms with E-state index >= 15 is 0 Å². The van der Waals surface area contributed by atoms with Crippen molar-refractivity contribution in [2.45, 2.75) is 97.7 Å². The maximum absolute atomic E-state index is 13.3. The van der Waals surface area contributed by atoms with Crippen LogP contribution in [0.25, 0.3) is 0 Å². The van der Waals surface area contributed by atoms with Gasteiger partial charge in [0.25, 0.3) is 0 Å². The Hall–Kier alpha value is -0.670. The van der Waals surface area contributed by atoms with E-state index < -0.39 is 0 Å².